The quantitative estimate of drug-likeness (QED) is 0.832. The van der Waals surface area contributed by atoms with Crippen molar-refractivity contribution in [2.45, 2.75) is 19.8 Å². The number of anilines is 1. The van der Waals surface area contributed by atoms with Gasteiger partial charge in [0, 0.05) is 30.6 Å². The number of thiazole rings is 1. The van der Waals surface area contributed by atoms with Crippen LogP contribution in [-0.2, 0) is 4.74 Å². The number of benzene rings is 1. The summed E-state index contributed by atoms with van der Waals surface area (Å²) in [6, 6.07) is 10.4. The minimum absolute atomic E-state index is 0.641. The Morgan fingerprint density at radius 1 is 1.33 bits per heavy atom. The van der Waals surface area contributed by atoms with Gasteiger partial charge in [0.1, 0.15) is 0 Å². The smallest absolute Gasteiger partial charge is 0.185 e. The third kappa shape index (κ3) is 3.63. The summed E-state index contributed by atoms with van der Waals surface area (Å²) in [5, 5.41) is 3.31. The van der Waals surface area contributed by atoms with E-state index in [1.54, 1.807) is 11.3 Å². The third-order valence-corrected chi connectivity index (χ3v) is 4.81. The number of nitrogens with zero attached hydrogens (tertiary/aromatic N) is 2. The molecule has 0 amide bonds. The molecular formula is C17H22N2OS. The molecule has 0 aliphatic carbocycles. The molecule has 1 aromatic carbocycles. The molecule has 1 atom stereocenters. The second-order valence-corrected chi connectivity index (χ2v) is 6.33. The number of piperidine rings is 1. The van der Waals surface area contributed by atoms with Crippen molar-refractivity contribution < 1.29 is 4.74 Å². The van der Waals surface area contributed by atoms with Gasteiger partial charge >= 0.3 is 0 Å². The number of hydrogen-bond donors (Lipinski definition) is 0. The van der Waals surface area contributed by atoms with E-state index in [0.717, 1.165) is 37.1 Å². The van der Waals surface area contributed by atoms with Crippen molar-refractivity contribution in [1.29, 1.82) is 0 Å². The highest BCUT2D eigenvalue weighted by Crippen LogP contribution is 2.30. The van der Waals surface area contributed by atoms with Gasteiger partial charge in [0.2, 0.25) is 0 Å². The zero-order chi connectivity index (χ0) is 14.5. The lowest BCUT2D eigenvalue weighted by atomic mass is 9.99. The molecule has 21 heavy (non-hydrogen) atoms. The highest BCUT2D eigenvalue weighted by atomic mass is 32.1. The maximum Gasteiger partial charge on any atom is 0.185 e. The molecule has 3 nitrogen and oxygen atoms in total. The van der Waals surface area contributed by atoms with Crippen LogP contribution in [0.4, 0.5) is 5.13 Å². The molecule has 2 aromatic rings. The van der Waals surface area contributed by atoms with Gasteiger partial charge in [-0.2, -0.15) is 0 Å². The van der Waals surface area contributed by atoms with Crippen LogP contribution in [0.15, 0.2) is 35.7 Å². The molecule has 0 saturated carbocycles. The van der Waals surface area contributed by atoms with E-state index in [0.29, 0.717) is 5.92 Å². The van der Waals surface area contributed by atoms with Crippen molar-refractivity contribution in [3.8, 4) is 11.3 Å². The van der Waals surface area contributed by atoms with Crippen LogP contribution in [0, 0.1) is 5.92 Å². The van der Waals surface area contributed by atoms with E-state index in [-0.39, 0.29) is 0 Å². The zero-order valence-electron chi connectivity index (χ0n) is 12.5. The van der Waals surface area contributed by atoms with E-state index >= 15 is 0 Å². The Morgan fingerprint density at radius 2 is 2.19 bits per heavy atom. The molecule has 1 unspecified atom stereocenters. The molecule has 2 heterocycles. The summed E-state index contributed by atoms with van der Waals surface area (Å²) in [4.78, 5) is 7.24. The standard InChI is InChI=1S/C17H22N2OS/c1-2-20-12-14-7-6-10-19(11-14)17-18-16(13-21-17)15-8-4-3-5-9-15/h3-5,8-9,13-14H,2,6-7,10-12H2,1H3. The van der Waals surface area contributed by atoms with Crippen molar-refractivity contribution in [2.75, 3.05) is 31.2 Å². The maximum atomic E-state index is 5.59. The minimum Gasteiger partial charge on any atom is -0.381 e. The Morgan fingerprint density at radius 3 is 3.00 bits per heavy atom. The monoisotopic (exact) mass is 302 g/mol. The first-order valence-electron chi connectivity index (χ1n) is 7.70. The molecule has 0 spiro atoms. The zero-order valence-corrected chi connectivity index (χ0v) is 13.3. The molecule has 1 fully saturated rings. The number of ether oxygens (including phenoxy) is 1. The lowest BCUT2D eigenvalue weighted by Gasteiger charge is -2.32. The van der Waals surface area contributed by atoms with Crippen LogP contribution in [0.1, 0.15) is 19.8 Å². The van der Waals surface area contributed by atoms with Crippen LogP contribution in [0.3, 0.4) is 0 Å². The summed E-state index contributed by atoms with van der Waals surface area (Å²) in [5.41, 5.74) is 2.28. The predicted octanol–water partition coefficient (Wildman–Crippen LogP) is 4.06. The Labute approximate surface area is 130 Å². The van der Waals surface area contributed by atoms with Crippen molar-refractivity contribution in [3.05, 3.63) is 35.7 Å². The van der Waals surface area contributed by atoms with Gasteiger partial charge in [0.25, 0.3) is 0 Å². The van der Waals surface area contributed by atoms with Crippen molar-refractivity contribution in [1.82, 2.24) is 4.98 Å². The summed E-state index contributed by atoms with van der Waals surface area (Å²) in [5.74, 6) is 0.641. The molecule has 1 aliphatic heterocycles. The normalized spacial score (nSPS) is 18.9. The van der Waals surface area contributed by atoms with E-state index in [1.807, 2.05) is 6.07 Å². The minimum atomic E-state index is 0.641. The largest absolute Gasteiger partial charge is 0.381 e. The molecule has 0 radical (unpaired) electrons. The fraction of sp³-hybridized carbons (Fsp3) is 0.471. The number of hydrogen-bond acceptors (Lipinski definition) is 4. The Balaban J connectivity index is 1.68. The second-order valence-electron chi connectivity index (χ2n) is 5.50. The van der Waals surface area contributed by atoms with Crippen molar-refractivity contribution in [2.24, 2.45) is 5.92 Å². The van der Waals surface area contributed by atoms with E-state index in [9.17, 15) is 0 Å². The van der Waals surface area contributed by atoms with Gasteiger partial charge in [0.15, 0.2) is 5.13 Å². The maximum absolute atomic E-state index is 5.59. The van der Waals surface area contributed by atoms with Gasteiger partial charge in [-0.25, -0.2) is 4.98 Å². The summed E-state index contributed by atoms with van der Waals surface area (Å²) < 4.78 is 5.59. The first kappa shape index (κ1) is 14.5. The highest BCUT2D eigenvalue weighted by molar-refractivity contribution is 7.14. The van der Waals surface area contributed by atoms with E-state index in [1.165, 1.54) is 18.4 Å². The second kappa shape index (κ2) is 7.05. The Hall–Kier alpha value is -1.39. The predicted molar refractivity (Wildman–Crippen MR) is 89.0 cm³/mol. The molecule has 1 aliphatic rings. The Kier molecular flexibility index (Phi) is 4.88. The summed E-state index contributed by atoms with van der Waals surface area (Å²) in [7, 11) is 0. The van der Waals surface area contributed by atoms with Crippen LogP contribution in [0.2, 0.25) is 0 Å². The molecular weight excluding hydrogens is 280 g/mol. The Bertz CT molecular complexity index is 555. The number of rotatable bonds is 5. The lowest BCUT2D eigenvalue weighted by molar-refractivity contribution is 0.104. The highest BCUT2D eigenvalue weighted by Gasteiger charge is 2.22. The van der Waals surface area contributed by atoms with E-state index < -0.39 is 0 Å². The number of aromatic nitrogens is 1. The molecule has 112 valence electrons. The molecule has 0 bridgehead atoms. The van der Waals surface area contributed by atoms with Crippen LogP contribution in [-0.4, -0.2) is 31.3 Å². The van der Waals surface area contributed by atoms with Crippen molar-refractivity contribution >= 4 is 16.5 Å². The fourth-order valence-corrected chi connectivity index (χ4v) is 3.68. The van der Waals surface area contributed by atoms with Gasteiger partial charge in [-0.15, -0.1) is 11.3 Å². The van der Waals surface area contributed by atoms with Crippen LogP contribution >= 0.6 is 11.3 Å². The molecule has 1 saturated heterocycles. The SMILES string of the molecule is CCOCC1CCCN(c2nc(-c3ccccc3)cs2)C1. The molecule has 0 N–H and O–H groups in total. The van der Waals surface area contributed by atoms with Crippen LogP contribution in [0.5, 0.6) is 0 Å². The van der Waals surface area contributed by atoms with Gasteiger partial charge < -0.3 is 9.64 Å². The topological polar surface area (TPSA) is 25.4 Å². The van der Waals surface area contributed by atoms with Crippen LogP contribution in [0.25, 0.3) is 11.3 Å². The van der Waals surface area contributed by atoms with Gasteiger partial charge in [-0.1, -0.05) is 30.3 Å². The first-order chi connectivity index (χ1) is 10.4. The van der Waals surface area contributed by atoms with E-state index in [2.05, 4.69) is 41.5 Å². The molecule has 1 aromatic heterocycles. The van der Waals surface area contributed by atoms with Crippen molar-refractivity contribution in [3.63, 3.8) is 0 Å². The van der Waals surface area contributed by atoms with E-state index in [4.69, 9.17) is 9.72 Å². The van der Waals surface area contributed by atoms with Crippen LogP contribution < -0.4 is 4.90 Å². The fourth-order valence-electron chi connectivity index (χ4n) is 2.81. The molecule has 4 heteroatoms. The summed E-state index contributed by atoms with van der Waals surface area (Å²) >= 11 is 1.75. The lowest BCUT2D eigenvalue weighted by Crippen LogP contribution is -2.37. The van der Waals surface area contributed by atoms with Gasteiger partial charge in [-0.05, 0) is 25.7 Å². The summed E-state index contributed by atoms with van der Waals surface area (Å²) in [6.07, 6.45) is 2.51. The summed E-state index contributed by atoms with van der Waals surface area (Å²) in [6.45, 7) is 5.94. The first-order valence-corrected chi connectivity index (χ1v) is 8.58. The molecule has 3 rings (SSSR count). The van der Waals surface area contributed by atoms with Gasteiger partial charge in [0.05, 0.1) is 12.3 Å². The van der Waals surface area contributed by atoms with Gasteiger partial charge in [-0.3, -0.25) is 0 Å². The average molecular weight is 302 g/mol. The average Bonchev–Trinajstić information content (AvgIpc) is 3.04. The third-order valence-electron chi connectivity index (χ3n) is 3.91.